The Morgan fingerprint density at radius 1 is 1.08 bits per heavy atom. The lowest BCUT2D eigenvalue weighted by molar-refractivity contribution is -0.174. The monoisotopic (exact) mass is 334 g/mol. The number of hydrogen-bond acceptors (Lipinski definition) is 3. The minimum Gasteiger partial charge on any atom is -0.436 e. The van der Waals surface area contributed by atoms with E-state index in [0.717, 1.165) is 19.3 Å². The molecular formula is C21H34O3. The molecule has 0 aliphatic carbocycles. The molecule has 1 unspecified atom stereocenters. The van der Waals surface area contributed by atoms with Gasteiger partial charge in [0.1, 0.15) is 0 Å². The van der Waals surface area contributed by atoms with E-state index in [0.29, 0.717) is 12.8 Å². The number of benzene rings is 1. The van der Waals surface area contributed by atoms with Gasteiger partial charge in [-0.15, -0.1) is 0 Å². The van der Waals surface area contributed by atoms with Gasteiger partial charge in [0, 0.05) is 20.0 Å². The fraction of sp³-hybridized carbons (Fsp3) is 0.667. The Kier molecular flexibility index (Phi) is 9.05. The number of hydrogen-bond donors (Lipinski definition) is 0. The first-order valence-electron chi connectivity index (χ1n) is 9.18. The molecule has 24 heavy (non-hydrogen) atoms. The van der Waals surface area contributed by atoms with Gasteiger partial charge in [-0.05, 0) is 29.4 Å². The van der Waals surface area contributed by atoms with Crippen molar-refractivity contribution in [3.63, 3.8) is 0 Å². The van der Waals surface area contributed by atoms with Gasteiger partial charge in [-0.25, -0.2) is 0 Å². The van der Waals surface area contributed by atoms with E-state index < -0.39 is 6.29 Å². The summed E-state index contributed by atoms with van der Waals surface area (Å²) in [6.45, 7) is 8.79. The lowest BCUT2D eigenvalue weighted by Crippen LogP contribution is -2.20. The van der Waals surface area contributed by atoms with Crippen LogP contribution in [0.25, 0.3) is 0 Å². The van der Waals surface area contributed by atoms with E-state index in [2.05, 4.69) is 52.0 Å². The molecule has 0 fully saturated rings. The van der Waals surface area contributed by atoms with E-state index >= 15 is 0 Å². The number of esters is 1. The zero-order valence-corrected chi connectivity index (χ0v) is 16.1. The zero-order chi connectivity index (χ0) is 18.0. The van der Waals surface area contributed by atoms with Gasteiger partial charge in [-0.1, -0.05) is 71.2 Å². The fourth-order valence-corrected chi connectivity index (χ4v) is 2.58. The van der Waals surface area contributed by atoms with Crippen LogP contribution in [0.1, 0.15) is 77.3 Å². The Morgan fingerprint density at radius 3 is 2.29 bits per heavy atom. The second kappa shape index (κ2) is 10.5. The molecular weight excluding hydrogens is 300 g/mol. The Balaban J connectivity index is 2.39. The lowest BCUT2D eigenvalue weighted by atomic mass is 9.86. The summed E-state index contributed by atoms with van der Waals surface area (Å²) in [7, 11) is 1.59. The van der Waals surface area contributed by atoms with Gasteiger partial charge in [0.15, 0.2) is 0 Å². The highest BCUT2D eigenvalue weighted by Gasteiger charge is 2.15. The maximum absolute atomic E-state index is 11.8. The van der Waals surface area contributed by atoms with Crippen molar-refractivity contribution >= 4 is 5.97 Å². The highest BCUT2D eigenvalue weighted by atomic mass is 16.7. The van der Waals surface area contributed by atoms with Gasteiger partial charge in [-0.2, -0.15) is 0 Å². The molecule has 0 spiro atoms. The van der Waals surface area contributed by atoms with Gasteiger partial charge in [0.05, 0.1) is 0 Å². The molecule has 1 aromatic carbocycles. The Labute approximate surface area is 147 Å². The normalized spacial score (nSPS) is 12.9. The number of carbonyl (C=O) groups is 1. The van der Waals surface area contributed by atoms with Crippen molar-refractivity contribution in [3.8, 4) is 0 Å². The molecule has 0 aliphatic rings. The van der Waals surface area contributed by atoms with Crippen molar-refractivity contribution in [2.45, 2.75) is 84.3 Å². The second-order valence-corrected chi connectivity index (χ2v) is 7.45. The Hall–Kier alpha value is -1.35. The quantitative estimate of drug-likeness (QED) is 0.326. The van der Waals surface area contributed by atoms with Crippen molar-refractivity contribution < 1.29 is 14.3 Å². The molecule has 1 atom stereocenters. The summed E-state index contributed by atoms with van der Waals surface area (Å²) in [5.41, 5.74) is 2.73. The molecule has 0 aliphatic heterocycles. The number of carbonyl (C=O) groups excluding carboxylic acids is 1. The smallest absolute Gasteiger partial charge is 0.308 e. The molecule has 0 saturated carbocycles. The average Bonchev–Trinajstić information content (AvgIpc) is 2.55. The van der Waals surface area contributed by atoms with E-state index in [1.54, 1.807) is 7.11 Å². The first-order chi connectivity index (χ1) is 11.4. The molecule has 3 heteroatoms. The first kappa shape index (κ1) is 20.7. The molecule has 1 aromatic rings. The number of rotatable bonds is 10. The van der Waals surface area contributed by atoms with Crippen molar-refractivity contribution in [2.75, 3.05) is 7.11 Å². The molecule has 1 rings (SSSR count). The number of aryl methyl sites for hydroxylation is 1. The summed E-state index contributed by atoms with van der Waals surface area (Å²) in [5.74, 6) is -0.152. The predicted molar refractivity (Wildman–Crippen MR) is 99.1 cm³/mol. The minimum atomic E-state index is -0.453. The molecule has 0 N–H and O–H groups in total. The number of unbranched alkanes of at least 4 members (excludes halogenated alkanes) is 3. The number of methoxy groups -OCH3 is 1. The average molecular weight is 335 g/mol. The van der Waals surface area contributed by atoms with Crippen LogP contribution in [-0.4, -0.2) is 19.4 Å². The molecule has 136 valence electrons. The summed E-state index contributed by atoms with van der Waals surface area (Å²) in [6.07, 6.45) is 5.89. The van der Waals surface area contributed by atoms with Gasteiger partial charge in [0.2, 0.25) is 6.29 Å². The van der Waals surface area contributed by atoms with Gasteiger partial charge < -0.3 is 9.47 Å². The highest BCUT2D eigenvalue weighted by molar-refractivity contribution is 5.69. The maximum atomic E-state index is 11.8. The van der Waals surface area contributed by atoms with Crippen LogP contribution in [0.15, 0.2) is 24.3 Å². The molecule has 0 bridgehead atoms. The SMILES string of the molecule is CCCCCCC(=O)OC(CCc1ccc(C(C)(C)C)cc1)OC. The van der Waals surface area contributed by atoms with Crippen LogP contribution in [0.4, 0.5) is 0 Å². The van der Waals surface area contributed by atoms with E-state index in [1.165, 1.54) is 24.0 Å². The largest absolute Gasteiger partial charge is 0.436 e. The molecule has 0 radical (unpaired) electrons. The van der Waals surface area contributed by atoms with Crippen molar-refractivity contribution in [1.29, 1.82) is 0 Å². The fourth-order valence-electron chi connectivity index (χ4n) is 2.58. The zero-order valence-electron chi connectivity index (χ0n) is 16.1. The van der Waals surface area contributed by atoms with Crippen LogP contribution in [0.2, 0.25) is 0 Å². The predicted octanol–water partition coefficient (Wildman–Crippen LogP) is 5.40. The van der Waals surface area contributed by atoms with Crippen molar-refractivity contribution in [2.24, 2.45) is 0 Å². The first-order valence-corrected chi connectivity index (χ1v) is 9.18. The third-order valence-electron chi connectivity index (χ3n) is 4.25. The molecule has 3 nitrogen and oxygen atoms in total. The van der Waals surface area contributed by atoms with E-state index in [9.17, 15) is 4.79 Å². The summed E-state index contributed by atoms with van der Waals surface area (Å²) in [6, 6.07) is 8.66. The van der Waals surface area contributed by atoms with Crippen LogP contribution in [0.3, 0.4) is 0 Å². The molecule has 0 heterocycles. The topological polar surface area (TPSA) is 35.5 Å². The van der Waals surface area contributed by atoms with Crippen LogP contribution >= 0.6 is 0 Å². The van der Waals surface area contributed by atoms with Gasteiger partial charge in [-0.3, -0.25) is 4.79 Å². The van der Waals surface area contributed by atoms with E-state index in [1.807, 2.05) is 0 Å². The van der Waals surface area contributed by atoms with Gasteiger partial charge >= 0.3 is 5.97 Å². The lowest BCUT2D eigenvalue weighted by Gasteiger charge is -2.19. The second-order valence-electron chi connectivity index (χ2n) is 7.45. The minimum absolute atomic E-state index is 0.152. The molecule has 0 amide bonds. The summed E-state index contributed by atoms with van der Waals surface area (Å²) in [4.78, 5) is 11.8. The number of ether oxygens (including phenoxy) is 2. The van der Waals surface area contributed by atoms with Crippen LogP contribution in [0.5, 0.6) is 0 Å². The van der Waals surface area contributed by atoms with Crippen LogP contribution < -0.4 is 0 Å². The third-order valence-corrected chi connectivity index (χ3v) is 4.25. The Bertz CT molecular complexity index is 471. The van der Waals surface area contributed by atoms with Gasteiger partial charge in [0.25, 0.3) is 0 Å². The summed E-state index contributed by atoms with van der Waals surface area (Å²) in [5, 5.41) is 0. The van der Waals surface area contributed by atoms with Crippen LogP contribution in [-0.2, 0) is 26.1 Å². The third kappa shape index (κ3) is 7.96. The van der Waals surface area contributed by atoms with Crippen molar-refractivity contribution in [1.82, 2.24) is 0 Å². The molecule has 0 saturated heterocycles. The Morgan fingerprint density at radius 2 is 1.75 bits per heavy atom. The highest BCUT2D eigenvalue weighted by Crippen LogP contribution is 2.22. The standard InChI is InChI=1S/C21H34O3/c1-6-7-8-9-10-19(22)24-20(23-5)16-13-17-11-14-18(15-12-17)21(2,3)4/h11-12,14-15,20H,6-10,13,16H2,1-5H3. The maximum Gasteiger partial charge on any atom is 0.308 e. The molecule has 0 aromatic heterocycles. The summed E-state index contributed by atoms with van der Waals surface area (Å²) < 4.78 is 10.7. The van der Waals surface area contributed by atoms with Crippen molar-refractivity contribution in [3.05, 3.63) is 35.4 Å². The van der Waals surface area contributed by atoms with E-state index in [-0.39, 0.29) is 11.4 Å². The van der Waals surface area contributed by atoms with Crippen LogP contribution in [0, 0.1) is 0 Å². The van der Waals surface area contributed by atoms with E-state index in [4.69, 9.17) is 9.47 Å². The summed E-state index contributed by atoms with van der Waals surface area (Å²) >= 11 is 0.